The highest BCUT2D eigenvalue weighted by molar-refractivity contribution is 5.96. The van der Waals surface area contributed by atoms with Crippen molar-refractivity contribution in [3.63, 3.8) is 0 Å². The van der Waals surface area contributed by atoms with E-state index in [-0.39, 0.29) is 24.6 Å². The second-order valence-electron chi connectivity index (χ2n) is 5.98. The van der Waals surface area contributed by atoms with Crippen LogP contribution < -0.4 is 20.1 Å². The van der Waals surface area contributed by atoms with Crippen LogP contribution in [0.25, 0.3) is 0 Å². The van der Waals surface area contributed by atoms with Gasteiger partial charge < -0.3 is 24.8 Å². The molecule has 0 aromatic heterocycles. The molecule has 0 bridgehead atoms. The van der Waals surface area contributed by atoms with Gasteiger partial charge in [0.15, 0.2) is 6.61 Å². The number of rotatable bonds is 10. The minimum Gasteiger partial charge on any atom is -0.497 e. The predicted molar refractivity (Wildman–Crippen MR) is 95.3 cm³/mol. The van der Waals surface area contributed by atoms with Gasteiger partial charge in [0.1, 0.15) is 18.0 Å². The van der Waals surface area contributed by atoms with Gasteiger partial charge >= 0.3 is 5.97 Å². The van der Waals surface area contributed by atoms with E-state index >= 15 is 0 Å². The summed E-state index contributed by atoms with van der Waals surface area (Å²) in [5.41, 5.74) is 0.278. The molecule has 0 aliphatic carbocycles. The summed E-state index contributed by atoms with van der Waals surface area (Å²) >= 11 is 0. The van der Waals surface area contributed by atoms with Gasteiger partial charge in [-0.1, -0.05) is 13.8 Å². The van der Waals surface area contributed by atoms with Crippen LogP contribution in [0.5, 0.6) is 11.5 Å². The van der Waals surface area contributed by atoms with E-state index in [0.717, 1.165) is 6.42 Å². The minimum atomic E-state index is -0.702. The molecule has 2 amide bonds. The molecule has 0 fully saturated rings. The van der Waals surface area contributed by atoms with Crippen LogP contribution in [-0.4, -0.2) is 51.7 Å². The first-order valence-corrected chi connectivity index (χ1v) is 8.29. The van der Waals surface area contributed by atoms with Crippen molar-refractivity contribution < 1.29 is 28.6 Å². The van der Waals surface area contributed by atoms with E-state index in [1.165, 1.54) is 26.4 Å². The lowest BCUT2D eigenvalue weighted by atomic mass is 10.1. The van der Waals surface area contributed by atoms with E-state index in [9.17, 15) is 14.4 Å². The van der Waals surface area contributed by atoms with Crippen molar-refractivity contribution in [3.05, 3.63) is 23.8 Å². The molecule has 0 saturated carbocycles. The normalized spacial score (nSPS) is 10.2. The Morgan fingerprint density at radius 1 is 1.00 bits per heavy atom. The Balaban J connectivity index is 2.40. The van der Waals surface area contributed by atoms with E-state index in [1.54, 1.807) is 6.07 Å². The van der Waals surface area contributed by atoms with Gasteiger partial charge in [-0.25, -0.2) is 0 Å². The Morgan fingerprint density at radius 3 is 2.15 bits per heavy atom. The molecule has 1 aromatic rings. The van der Waals surface area contributed by atoms with Crippen LogP contribution in [0.3, 0.4) is 0 Å². The minimum absolute atomic E-state index is 0.278. The van der Waals surface area contributed by atoms with Crippen LogP contribution in [0.1, 0.15) is 30.6 Å². The number of benzene rings is 1. The van der Waals surface area contributed by atoms with Gasteiger partial charge in [-0.2, -0.15) is 0 Å². The molecular formula is C18H26N2O6. The Kier molecular flexibility index (Phi) is 8.97. The van der Waals surface area contributed by atoms with Gasteiger partial charge in [-0.05, 0) is 24.5 Å². The quantitative estimate of drug-likeness (QED) is 0.602. The van der Waals surface area contributed by atoms with Crippen molar-refractivity contribution in [3.8, 4) is 11.5 Å². The zero-order valence-corrected chi connectivity index (χ0v) is 15.6. The number of ether oxygens (including phenoxy) is 3. The van der Waals surface area contributed by atoms with Crippen LogP contribution in [0, 0.1) is 5.92 Å². The molecule has 0 aliphatic rings. The molecule has 0 saturated heterocycles. The first-order chi connectivity index (χ1) is 12.3. The van der Waals surface area contributed by atoms with Crippen molar-refractivity contribution in [2.24, 2.45) is 5.92 Å². The number of amides is 2. The average Bonchev–Trinajstić information content (AvgIpc) is 2.63. The molecule has 0 heterocycles. The topological polar surface area (TPSA) is 103 Å². The SMILES string of the molecule is COc1cc(OC)cc(C(=O)NCC(=O)OCC(=O)NCCC(C)C)c1. The van der Waals surface area contributed by atoms with Crippen LogP contribution in [0.4, 0.5) is 0 Å². The lowest BCUT2D eigenvalue weighted by Gasteiger charge is -2.10. The van der Waals surface area contributed by atoms with Crippen LogP contribution in [0.15, 0.2) is 18.2 Å². The number of methoxy groups -OCH3 is 2. The molecule has 8 heteroatoms. The summed E-state index contributed by atoms with van der Waals surface area (Å²) < 4.78 is 15.0. The fourth-order valence-electron chi connectivity index (χ4n) is 1.94. The molecule has 0 spiro atoms. The summed E-state index contributed by atoms with van der Waals surface area (Å²) in [6, 6.07) is 4.67. The number of carbonyl (C=O) groups is 3. The maximum absolute atomic E-state index is 12.1. The lowest BCUT2D eigenvalue weighted by Crippen LogP contribution is -2.34. The fourth-order valence-corrected chi connectivity index (χ4v) is 1.94. The molecule has 1 aromatic carbocycles. The number of esters is 1. The standard InChI is InChI=1S/C18H26N2O6/c1-12(2)5-6-19-16(21)11-26-17(22)10-20-18(23)13-7-14(24-3)9-15(8-13)25-4/h7-9,12H,5-6,10-11H2,1-4H3,(H,19,21)(H,20,23). The molecule has 2 N–H and O–H groups in total. The van der Waals surface area contributed by atoms with Gasteiger partial charge in [0, 0.05) is 18.2 Å². The highest BCUT2D eigenvalue weighted by Crippen LogP contribution is 2.22. The molecule has 0 radical (unpaired) electrons. The number of carbonyl (C=O) groups excluding carboxylic acids is 3. The highest BCUT2D eigenvalue weighted by Gasteiger charge is 2.13. The lowest BCUT2D eigenvalue weighted by molar-refractivity contribution is -0.147. The molecule has 0 atom stereocenters. The Hall–Kier alpha value is -2.77. The van der Waals surface area contributed by atoms with Gasteiger partial charge in [0.25, 0.3) is 11.8 Å². The van der Waals surface area contributed by atoms with E-state index in [4.69, 9.17) is 14.2 Å². The molecule has 8 nitrogen and oxygen atoms in total. The predicted octanol–water partition coefficient (Wildman–Crippen LogP) is 1.14. The second-order valence-corrected chi connectivity index (χ2v) is 5.98. The molecule has 26 heavy (non-hydrogen) atoms. The summed E-state index contributed by atoms with van der Waals surface area (Å²) in [5.74, 6) is -0.177. The van der Waals surface area contributed by atoms with E-state index in [0.29, 0.717) is 24.0 Å². The van der Waals surface area contributed by atoms with Crippen LogP contribution in [0.2, 0.25) is 0 Å². The third-order valence-corrected chi connectivity index (χ3v) is 3.42. The Morgan fingerprint density at radius 2 is 1.62 bits per heavy atom. The molecular weight excluding hydrogens is 340 g/mol. The van der Waals surface area contributed by atoms with Crippen LogP contribution >= 0.6 is 0 Å². The van der Waals surface area contributed by atoms with Gasteiger partial charge in [0.05, 0.1) is 14.2 Å². The summed E-state index contributed by atoms with van der Waals surface area (Å²) in [5, 5.41) is 5.08. The number of nitrogens with one attached hydrogen (secondary N) is 2. The Labute approximate surface area is 153 Å². The van der Waals surface area contributed by atoms with Crippen LogP contribution in [-0.2, 0) is 14.3 Å². The first kappa shape index (κ1) is 21.3. The molecule has 0 aliphatic heterocycles. The van der Waals surface area contributed by atoms with E-state index in [2.05, 4.69) is 10.6 Å². The number of hydrogen-bond donors (Lipinski definition) is 2. The van der Waals surface area contributed by atoms with Crippen molar-refractivity contribution in [1.82, 2.24) is 10.6 Å². The molecule has 1 rings (SSSR count). The summed E-state index contributed by atoms with van der Waals surface area (Å²) in [4.78, 5) is 35.3. The average molecular weight is 366 g/mol. The maximum atomic E-state index is 12.1. The van der Waals surface area contributed by atoms with Gasteiger partial charge in [0.2, 0.25) is 0 Å². The highest BCUT2D eigenvalue weighted by atomic mass is 16.5. The smallest absolute Gasteiger partial charge is 0.325 e. The molecule has 0 unspecified atom stereocenters. The number of hydrogen-bond acceptors (Lipinski definition) is 6. The first-order valence-electron chi connectivity index (χ1n) is 8.29. The van der Waals surface area contributed by atoms with Crippen molar-refractivity contribution in [2.45, 2.75) is 20.3 Å². The van der Waals surface area contributed by atoms with E-state index in [1.807, 2.05) is 13.8 Å². The van der Waals surface area contributed by atoms with Gasteiger partial charge in [-0.3, -0.25) is 14.4 Å². The monoisotopic (exact) mass is 366 g/mol. The zero-order valence-electron chi connectivity index (χ0n) is 15.6. The maximum Gasteiger partial charge on any atom is 0.325 e. The second kappa shape index (κ2) is 11.0. The summed E-state index contributed by atoms with van der Waals surface area (Å²) in [6.45, 7) is 3.90. The van der Waals surface area contributed by atoms with Crippen molar-refractivity contribution in [2.75, 3.05) is 33.9 Å². The summed E-state index contributed by atoms with van der Waals surface area (Å²) in [7, 11) is 2.94. The van der Waals surface area contributed by atoms with E-state index < -0.39 is 11.9 Å². The fraction of sp³-hybridized carbons (Fsp3) is 0.500. The summed E-state index contributed by atoms with van der Waals surface area (Å²) in [6.07, 6.45) is 0.847. The van der Waals surface area contributed by atoms with Crippen molar-refractivity contribution in [1.29, 1.82) is 0 Å². The Bertz CT molecular complexity index is 608. The molecule has 144 valence electrons. The largest absolute Gasteiger partial charge is 0.497 e. The zero-order chi connectivity index (χ0) is 19.5. The third-order valence-electron chi connectivity index (χ3n) is 3.42. The van der Waals surface area contributed by atoms with Crippen molar-refractivity contribution >= 4 is 17.8 Å². The third kappa shape index (κ3) is 7.87. The van der Waals surface area contributed by atoms with Gasteiger partial charge in [-0.15, -0.1) is 0 Å².